The van der Waals surface area contributed by atoms with Gasteiger partial charge in [0.2, 0.25) is 5.91 Å². The topological polar surface area (TPSA) is 41.1 Å². The van der Waals surface area contributed by atoms with Crippen LogP contribution in [0.3, 0.4) is 0 Å². The van der Waals surface area contributed by atoms with Gasteiger partial charge in [0.05, 0.1) is 6.04 Å². The van der Waals surface area contributed by atoms with Crippen LogP contribution in [0.4, 0.5) is 0 Å². The van der Waals surface area contributed by atoms with Crippen LogP contribution < -0.4 is 10.6 Å². The minimum absolute atomic E-state index is 0.0594. The third kappa shape index (κ3) is 5.21. The monoisotopic (exact) mass is 244 g/mol. The third-order valence-corrected chi connectivity index (χ3v) is 3.99. The Kier molecular flexibility index (Phi) is 6.21. The first kappa shape index (κ1) is 13.8. The lowest BCUT2D eigenvalue weighted by Crippen LogP contribution is -2.46. The summed E-state index contributed by atoms with van der Waals surface area (Å²) in [5.41, 5.74) is 0. The lowest BCUT2D eigenvalue weighted by Gasteiger charge is -2.18. The second-order valence-corrected chi connectivity index (χ2v) is 6.07. The zero-order valence-electron chi connectivity index (χ0n) is 10.6. The van der Waals surface area contributed by atoms with Gasteiger partial charge < -0.3 is 10.6 Å². The van der Waals surface area contributed by atoms with Crippen molar-refractivity contribution in [3.05, 3.63) is 0 Å². The summed E-state index contributed by atoms with van der Waals surface area (Å²) in [4.78, 5) is 11.7. The van der Waals surface area contributed by atoms with Crippen molar-refractivity contribution in [1.82, 2.24) is 10.6 Å². The van der Waals surface area contributed by atoms with Crippen molar-refractivity contribution in [2.45, 2.75) is 45.7 Å². The Labute approximate surface area is 103 Å². The van der Waals surface area contributed by atoms with Crippen LogP contribution in [-0.4, -0.2) is 36.0 Å². The number of thioether (sulfide) groups is 1. The summed E-state index contributed by atoms with van der Waals surface area (Å²) in [5.74, 6) is 3.15. The van der Waals surface area contributed by atoms with E-state index in [2.05, 4.69) is 24.5 Å². The first-order valence-corrected chi connectivity index (χ1v) is 7.36. The molecule has 1 aliphatic heterocycles. The number of nitrogens with one attached hydrogen (secondary N) is 2. The zero-order chi connectivity index (χ0) is 12.0. The Morgan fingerprint density at radius 1 is 1.44 bits per heavy atom. The van der Waals surface area contributed by atoms with E-state index in [9.17, 15) is 4.79 Å². The lowest BCUT2D eigenvalue weighted by molar-refractivity contribution is -0.122. The molecule has 2 unspecified atom stereocenters. The summed E-state index contributed by atoms with van der Waals surface area (Å²) >= 11 is 1.96. The summed E-state index contributed by atoms with van der Waals surface area (Å²) in [6.45, 7) is 7.09. The van der Waals surface area contributed by atoms with E-state index in [0.29, 0.717) is 12.0 Å². The van der Waals surface area contributed by atoms with Gasteiger partial charge in [-0.25, -0.2) is 0 Å². The number of amides is 1. The molecule has 1 aliphatic rings. The third-order valence-electron chi connectivity index (χ3n) is 2.83. The molecular weight excluding hydrogens is 220 g/mol. The summed E-state index contributed by atoms with van der Waals surface area (Å²) in [7, 11) is 0. The molecule has 0 aromatic heterocycles. The molecule has 2 atom stereocenters. The van der Waals surface area contributed by atoms with Gasteiger partial charge in [-0.3, -0.25) is 4.79 Å². The number of hydrogen-bond acceptors (Lipinski definition) is 3. The molecule has 1 saturated heterocycles. The molecule has 0 radical (unpaired) electrons. The molecule has 94 valence electrons. The van der Waals surface area contributed by atoms with Crippen LogP contribution in [0.15, 0.2) is 0 Å². The van der Waals surface area contributed by atoms with Crippen LogP contribution in [0.25, 0.3) is 0 Å². The van der Waals surface area contributed by atoms with Crippen molar-refractivity contribution in [3.8, 4) is 0 Å². The van der Waals surface area contributed by atoms with Crippen LogP contribution in [-0.2, 0) is 4.79 Å². The van der Waals surface area contributed by atoms with E-state index in [4.69, 9.17) is 0 Å². The van der Waals surface area contributed by atoms with Gasteiger partial charge in [0, 0.05) is 18.3 Å². The Morgan fingerprint density at radius 3 is 2.75 bits per heavy atom. The number of rotatable bonds is 6. The maximum atomic E-state index is 11.7. The summed E-state index contributed by atoms with van der Waals surface area (Å²) in [5, 5.41) is 6.36. The molecule has 0 aromatic carbocycles. The van der Waals surface area contributed by atoms with Gasteiger partial charge in [0.25, 0.3) is 0 Å². The highest BCUT2D eigenvalue weighted by Crippen LogP contribution is 2.17. The van der Waals surface area contributed by atoms with Gasteiger partial charge in [-0.1, -0.05) is 13.8 Å². The quantitative estimate of drug-likeness (QED) is 0.746. The number of carbonyl (C=O) groups excluding carboxylic acids is 1. The van der Waals surface area contributed by atoms with E-state index in [1.54, 1.807) is 0 Å². The van der Waals surface area contributed by atoms with Crippen molar-refractivity contribution < 1.29 is 4.79 Å². The molecule has 0 aliphatic carbocycles. The standard InChI is InChI=1S/C12H24N2OS/c1-9(2)4-6-13-12(15)10(3)14-11-5-7-16-8-11/h9-11,14H,4-8H2,1-3H3,(H,13,15). The van der Waals surface area contributed by atoms with E-state index in [1.165, 1.54) is 12.2 Å². The van der Waals surface area contributed by atoms with Gasteiger partial charge in [0.15, 0.2) is 0 Å². The average molecular weight is 244 g/mol. The van der Waals surface area contributed by atoms with E-state index in [-0.39, 0.29) is 11.9 Å². The Bertz CT molecular complexity index is 215. The van der Waals surface area contributed by atoms with Gasteiger partial charge in [-0.2, -0.15) is 11.8 Å². The molecule has 16 heavy (non-hydrogen) atoms. The lowest BCUT2D eigenvalue weighted by atomic mass is 10.1. The Balaban J connectivity index is 2.14. The van der Waals surface area contributed by atoms with E-state index < -0.39 is 0 Å². The SMILES string of the molecule is CC(C)CCNC(=O)C(C)NC1CCSC1. The minimum Gasteiger partial charge on any atom is -0.355 e. The normalized spacial score (nSPS) is 22.4. The molecule has 3 nitrogen and oxygen atoms in total. The van der Waals surface area contributed by atoms with Crippen LogP contribution in [0.1, 0.15) is 33.6 Å². The highest BCUT2D eigenvalue weighted by molar-refractivity contribution is 7.99. The minimum atomic E-state index is -0.0594. The molecule has 1 rings (SSSR count). The molecule has 0 saturated carbocycles. The number of hydrogen-bond donors (Lipinski definition) is 2. The molecule has 0 spiro atoms. The highest BCUT2D eigenvalue weighted by atomic mass is 32.2. The first-order valence-electron chi connectivity index (χ1n) is 6.21. The summed E-state index contributed by atoms with van der Waals surface area (Å²) in [6, 6.07) is 0.465. The summed E-state index contributed by atoms with van der Waals surface area (Å²) < 4.78 is 0. The molecule has 4 heteroatoms. The Hall–Kier alpha value is -0.220. The second kappa shape index (κ2) is 7.17. The predicted molar refractivity (Wildman–Crippen MR) is 70.8 cm³/mol. The van der Waals surface area contributed by atoms with Gasteiger partial charge in [0.1, 0.15) is 0 Å². The second-order valence-electron chi connectivity index (χ2n) is 4.92. The van der Waals surface area contributed by atoms with Crippen LogP contribution in [0.5, 0.6) is 0 Å². The van der Waals surface area contributed by atoms with Crippen molar-refractivity contribution in [2.24, 2.45) is 5.92 Å². The molecule has 2 N–H and O–H groups in total. The van der Waals surface area contributed by atoms with Crippen molar-refractivity contribution in [3.63, 3.8) is 0 Å². The molecule has 0 aromatic rings. The van der Waals surface area contributed by atoms with Gasteiger partial charge in [-0.05, 0) is 31.4 Å². The predicted octanol–water partition coefficient (Wildman–Crippen LogP) is 1.63. The molecule has 1 heterocycles. The summed E-state index contributed by atoms with van der Waals surface area (Å²) in [6.07, 6.45) is 2.24. The maximum absolute atomic E-state index is 11.7. The molecule has 0 bridgehead atoms. The highest BCUT2D eigenvalue weighted by Gasteiger charge is 2.20. The fourth-order valence-corrected chi connectivity index (χ4v) is 2.90. The van der Waals surface area contributed by atoms with Crippen molar-refractivity contribution in [2.75, 3.05) is 18.1 Å². The first-order chi connectivity index (χ1) is 7.59. The average Bonchev–Trinajstić information content (AvgIpc) is 2.69. The zero-order valence-corrected chi connectivity index (χ0v) is 11.4. The van der Waals surface area contributed by atoms with Crippen LogP contribution >= 0.6 is 11.8 Å². The fraction of sp³-hybridized carbons (Fsp3) is 0.917. The van der Waals surface area contributed by atoms with Gasteiger partial charge >= 0.3 is 0 Å². The smallest absolute Gasteiger partial charge is 0.236 e. The molecular formula is C12H24N2OS. The van der Waals surface area contributed by atoms with Crippen molar-refractivity contribution in [1.29, 1.82) is 0 Å². The van der Waals surface area contributed by atoms with E-state index in [1.807, 2.05) is 18.7 Å². The van der Waals surface area contributed by atoms with Gasteiger partial charge in [-0.15, -0.1) is 0 Å². The maximum Gasteiger partial charge on any atom is 0.236 e. The van der Waals surface area contributed by atoms with Crippen LogP contribution in [0.2, 0.25) is 0 Å². The molecule has 1 fully saturated rings. The largest absolute Gasteiger partial charge is 0.355 e. The van der Waals surface area contributed by atoms with Crippen molar-refractivity contribution >= 4 is 17.7 Å². The van der Waals surface area contributed by atoms with E-state index in [0.717, 1.165) is 18.7 Å². The van der Waals surface area contributed by atoms with E-state index >= 15 is 0 Å². The number of carbonyl (C=O) groups is 1. The Morgan fingerprint density at radius 2 is 2.19 bits per heavy atom. The molecule has 1 amide bonds. The van der Waals surface area contributed by atoms with Crippen LogP contribution in [0, 0.1) is 5.92 Å². The fourth-order valence-electron chi connectivity index (χ4n) is 1.73.